The van der Waals surface area contributed by atoms with Gasteiger partial charge in [-0.3, -0.25) is 10.1 Å². The molecule has 5 aromatic rings. The summed E-state index contributed by atoms with van der Waals surface area (Å²) in [6.07, 6.45) is 5.79. The molecule has 1 aromatic heterocycles. The number of nitrogens with zero attached hydrogens (tertiary/aromatic N) is 3. The number of hydrogen-bond donors (Lipinski definition) is 1. The Labute approximate surface area is 229 Å². The predicted molar refractivity (Wildman–Crippen MR) is 152 cm³/mol. The third kappa shape index (κ3) is 5.78. The Balaban J connectivity index is 1.46. The van der Waals surface area contributed by atoms with Gasteiger partial charge in [0.25, 0.3) is 5.69 Å². The lowest BCUT2D eigenvalue weighted by Crippen LogP contribution is -2.01. The van der Waals surface area contributed by atoms with Gasteiger partial charge in [0, 0.05) is 35.5 Å². The lowest BCUT2D eigenvalue weighted by Gasteiger charge is -2.06. The van der Waals surface area contributed by atoms with Gasteiger partial charge in [0.2, 0.25) is 0 Å². The minimum Gasteiger partial charge on any atom is -0.508 e. The summed E-state index contributed by atoms with van der Waals surface area (Å²) < 4.78 is 1.97. The molecule has 0 aliphatic carbocycles. The van der Waals surface area contributed by atoms with Crippen LogP contribution in [0.15, 0.2) is 97.2 Å². The van der Waals surface area contributed by atoms with Crippen LogP contribution in [0.4, 0.5) is 5.69 Å². The monoisotopic (exact) mass is 541 g/mol. The summed E-state index contributed by atoms with van der Waals surface area (Å²) >= 11 is 12.5. The number of non-ortho nitro benzene ring substituents is 1. The van der Waals surface area contributed by atoms with E-state index in [9.17, 15) is 15.2 Å². The maximum absolute atomic E-state index is 11.0. The first-order valence-electron chi connectivity index (χ1n) is 11.7. The molecule has 1 N–H and O–H groups in total. The smallest absolute Gasteiger partial charge is 0.269 e. The number of aromatic hydroxyl groups is 1. The number of phenolic OH excluding ortho intramolecular Hbond substituents is 1. The molecule has 8 heteroatoms. The second-order valence-corrected chi connectivity index (χ2v) is 9.51. The second-order valence-electron chi connectivity index (χ2n) is 8.67. The summed E-state index contributed by atoms with van der Waals surface area (Å²) in [4.78, 5) is 15.4. The highest BCUT2D eigenvalue weighted by atomic mass is 35.5. The van der Waals surface area contributed by atoms with Crippen molar-refractivity contribution < 1.29 is 10.0 Å². The molecule has 188 valence electrons. The largest absolute Gasteiger partial charge is 0.508 e. The van der Waals surface area contributed by atoms with Gasteiger partial charge in [-0.1, -0.05) is 77.8 Å². The van der Waals surface area contributed by atoms with Crippen LogP contribution in [0.5, 0.6) is 5.75 Å². The average Bonchev–Trinajstić information content (AvgIpc) is 3.30. The zero-order chi connectivity index (χ0) is 26.6. The molecule has 0 atom stereocenters. The average molecular weight is 542 g/mol. The quantitative estimate of drug-likeness (QED) is 0.166. The normalized spacial score (nSPS) is 11.2. The lowest BCUT2D eigenvalue weighted by atomic mass is 10.0. The molecule has 6 nitrogen and oxygen atoms in total. The number of halogens is 2. The second kappa shape index (κ2) is 10.9. The highest BCUT2D eigenvalue weighted by Crippen LogP contribution is 2.31. The number of rotatable bonds is 7. The van der Waals surface area contributed by atoms with Crippen LogP contribution in [0.3, 0.4) is 0 Å². The van der Waals surface area contributed by atoms with E-state index >= 15 is 0 Å². The summed E-state index contributed by atoms with van der Waals surface area (Å²) in [5.74, 6) is 0.921. The molecule has 0 bridgehead atoms. The zero-order valence-corrected chi connectivity index (χ0v) is 21.5. The third-order valence-electron chi connectivity index (χ3n) is 6.03. The number of benzene rings is 4. The zero-order valence-electron chi connectivity index (χ0n) is 20.0. The Kier molecular flexibility index (Phi) is 7.26. The molecule has 1 heterocycles. The van der Waals surface area contributed by atoms with Gasteiger partial charge in [-0.05, 0) is 58.7 Å². The van der Waals surface area contributed by atoms with Crippen molar-refractivity contribution in [3.8, 4) is 28.1 Å². The number of imidazole rings is 1. The maximum atomic E-state index is 11.0. The Bertz CT molecular complexity index is 1640. The van der Waals surface area contributed by atoms with Crippen LogP contribution in [-0.2, 0) is 6.54 Å². The first-order valence-corrected chi connectivity index (χ1v) is 12.4. The molecule has 0 fully saturated rings. The van der Waals surface area contributed by atoms with Crippen molar-refractivity contribution in [1.29, 1.82) is 0 Å². The van der Waals surface area contributed by atoms with Crippen molar-refractivity contribution in [1.82, 2.24) is 9.55 Å². The van der Waals surface area contributed by atoms with Crippen molar-refractivity contribution in [2.24, 2.45) is 0 Å². The molecule has 0 saturated heterocycles. The first-order chi connectivity index (χ1) is 18.4. The van der Waals surface area contributed by atoms with E-state index in [0.29, 0.717) is 28.1 Å². The lowest BCUT2D eigenvalue weighted by molar-refractivity contribution is -0.384. The van der Waals surface area contributed by atoms with Crippen LogP contribution in [0.2, 0.25) is 10.0 Å². The third-order valence-corrected chi connectivity index (χ3v) is 6.58. The van der Waals surface area contributed by atoms with Crippen molar-refractivity contribution in [3.05, 3.63) is 134 Å². The van der Waals surface area contributed by atoms with Gasteiger partial charge in [0.15, 0.2) is 0 Å². The number of phenols is 1. The Morgan fingerprint density at radius 3 is 2.34 bits per heavy atom. The van der Waals surface area contributed by atoms with Gasteiger partial charge in [-0.2, -0.15) is 0 Å². The van der Waals surface area contributed by atoms with Gasteiger partial charge in [0.1, 0.15) is 11.6 Å². The summed E-state index contributed by atoms with van der Waals surface area (Å²) in [5.41, 5.74) is 5.29. The highest BCUT2D eigenvalue weighted by molar-refractivity contribution is 6.36. The van der Waals surface area contributed by atoms with E-state index in [0.717, 1.165) is 27.8 Å². The molecule has 38 heavy (non-hydrogen) atoms. The van der Waals surface area contributed by atoms with E-state index in [1.807, 2.05) is 65.4 Å². The first kappa shape index (κ1) is 25.3. The van der Waals surface area contributed by atoms with E-state index in [1.54, 1.807) is 36.4 Å². The fourth-order valence-corrected chi connectivity index (χ4v) is 4.58. The number of hydrogen-bond acceptors (Lipinski definition) is 4. The summed E-state index contributed by atoms with van der Waals surface area (Å²) in [5, 5.41) is 21.8. The van der Waals surface area contributed by atoms with Gasteiger partial charge < -0.3 is 9.67 Å². The van der Waals surface area contributed by atoms with Crippen molar-refractivity contribution in [2.45, 2.75) is 6.54 Å². The molecular weight excluding hydrogens is 521 g/mol. The van der Waals surface area contributed by atoms with Crippen molar-refractivity contribution in [3.63, 3.8) is 0 Å². The molecule has 0 radical (unpaired) electrons. The SMILES string of the molecule is O=[N+]([O-])c1ccc(Cn2cc(-c3ccc(Cl)cc3Cl)nc2C=Cc2ccc(-c3cccc(O)c3)cc2)cc1. The van der Waals surface area contributed by atoms with Crippen LogP contribution in [0.1, 0.15) is 17.0 Å². The Hall–Kier alpha value is -4.39. The molecule has 0 aliphatic rings. The fourth-order valence-electron chi connectivity index (χ4n) is 4.08. The van der Waals surface area contributed by atoms with E-state index in [4.69, 9.17) is 28.2 Å². The van der Waals surface area contributed by atoms with E-state index < -0.39 is 4.92 Å². The molecule has 5 rings (SSSR count). The van der Waals surface area contributed by atoms with E-state index in [2.05, 4.69) is 0 Å². The number of nitro benzene ring substituents is 1. The van der Waals surface area contributed by atoms with Crippen LogP contribution in [0, 0.1) is 10.1 Å². The Morgan fingerprint density at radius 1 is 0.895 bits per heavy atom. The van der Waals surface area contributed by atoms with Crippen LogP contribution in [-0.4, -0.2) is 19.6 Å². The van der Waals surface area contributed by atoms with Crippen molar-refractivity contribution >= 4 is 41.0 Å². The maximum Gasteiger partial charge on any atom is 0.269 e. The minimum absolute atomic E-state index is 0.0438. The van der Waals surface area contributed by atoms with Crippen LogP contribution >= 0.6 is 23.2 Å². The molecule has 0 saturated carbocycles. The molecule has 0 aliphatic heterocycles. The van der Waals surface area contributed by atoms with Gasteiger partial charge >= 0.3 is 0 Å². The summed E-state index contributed by atoms with van der Waals surface area (Å²) in [6, 6.07) is 26.8. The standard InChI is InChI=1S/C30H21Cl2N3O3/c31-24-11-14-27(28(32)17-24)29-19-34(18-21-6-12-25(13-7-21)35(37)38)30(33-29)15-8-20-4-9-22(10-5-20)23-2-1-3-26(36)16-23/h1-17,19,36H,18H2. The number of aromatic nitrogens is 2. The highest BCUT2D eigenvalue weighted by Gasteiger charge is 2.13. The molecule has 0 amide bonds. The molecule has 0 spiro atoms. The van der Waals surface area contributed by atoms with Gasteiger partial charge in [0.05, 0.1) is 15.6 Å². The summed E-state index contributed by atoms with van der Waals surface area (Å²) in [7, 11) is 0. The van der Waals surface area contributed by atoms with Crippen LogP contribution in [0.25, 0.3) is 34.5 Å². The summed E-state index contributed by atoms with van der Waals surface area (Å²) in [6.45, 7) is 0.465. The number of nitro groups is 1. The predicted octanol–water partition coefficient (Wildman–Crippen LogP) is 8.36. The fraction of sp³-hybridized carbons (Fsp3) is 0.0333. The molecule has 0 unspecified atom stereocenters. The van der Waals surface area contributed by atoms with Crippen molar-refractivity contribution in [2.75, 3.05) is 0 Å². The van der Waals surface area contributed by atoms with E-state index in [-0.39, 0.29) is 11.4 Å². The van der Waals surface area contributed by atoms with Gasteiger partial charge in [-0.15, -0.1) is 0 Å². The van der Waals surface area contributed by atoms with Crippen LogP contribution < -0.4 is 0 Å². The van der Waals surface area contributed by atoms with E-state index in [1.165, 1.54) is 12.1 Å². The Morgan fingerprint density at radius 2 is 1.66 bits per heavy atom. The minimum atomic E-state index is -0.415. The molecular formula is C30H21Cl2N3O3. The molecule has 4 aromatic carbocycles. The topological polar surface area (TPSA) is 81.2 Å². The van der Waals surface area contributed by atoms with Gasteiger partial charge in [-0.25, -0.2) is 4.98 Å².